The van der Waals surface area contributed by atoms with Crippen LogP contribution < -0.4 is 5.32 Å². The first kappa shape index (κ1) is 22.2. The normalized spacial score (nSPS) is 20.3. The standard InChI is InChI=1S/C19H23F4N5O2/c1-12-10-27(11-13(2)30-12)9-3-8-24-18(29)16-17(19(21,22)23)28(26-25-16)15-6-4-14(20)5-7-15/h4-7,12-13H,3,8-11H2,1-2H3,(H,24,29). The summed E-state index contributed by atoms with van der Waals surface area (Å²) in [5.41, 5.74) is -2.17. The Kier molecular flexibility index (Phi) is 6.71. The molecule has 7 nitrogen and oxygen atoms in total. The van der Waals surface area contributed by atoms with Crippen LogP contribution in [0.3, 0.4) is 0 Å². The fourth-order valence-electron chi connectivity index (χ4n) is 3.51. The molecule has 164 valence electrons. The quantitative estimate of drug-likeness (QED) is 0.565. The molecule has 1 amide bonds. The maximum atomic E-state index is 13.6. The van der Waals surface area contributed by atoms with Crippen LogP contribution in [0.25, 0.3) is 5.69 Å². The van der Waals surface area contributed by atoms with E-state index in [0.29, 0.717) is 17.6 Å². The lowest BCUT2D eigenvalue weighted by Gasteiger charge is -2.35. The Morgan fingerprint density at radius 2 is 1.83 bits per heavy atom. The van der Waals surface area contributed by atoms with E-state index in [1.54, 1.807) is 0 Å². The molecule has 2 aromatic rings. The summed E-state index contributed by atoms with van der Waals surface area (Å²) < 4.78 is 60.0. The molecule has 2 unspecified atom stereocenters. The molecule has 0 saturated carbocycles. The number of aromatic nitrogens is 3. The highest BCUT2D eigenvalue weighted by molar-refractivity contribution is 5.93. The number of halogens is 4. The molecule has 0 bridgehead atoms. The Labute approximate surface area is 171 Å². The Morgan fingerprint density at radius 3 is 2.43 bits per heavy atom. The molecular weight excluding hydrogens is 406 g/mol. The van der Waals surface area contributed by atoms with Crippen LogP contribution in [0.1, 0.15) is 36.5 Å². The summed E-state index contributed by atoms with van der Waals surface area (Å²) in [5, 5.41) is 9.37. The van der Waals surface area contributed by atoms with Gasteiger partial charge in [0.15, 0.2) is 11.4 Å². The zero-order valence-electron chi connectivity index (χ0n) is 16.6. The van der Waals surface area contributed by atoms with Crippen LogP contribution in [0, 0.1) is 5.82 Å². The van der Waals surface area contributed by atoms with Gasteiger partial charge in [-0.3, -0.25) is 9.69 Å². The summed E-state index contributed by atoms with van der Waals surface area (Å²) in [5.74, 6) is -1.56. The second kappa shape index (κ2) is 9.09. The van der Waals surface area contributed by atoms with Crippen molar-refractivity contribution in [3.05, 3.63) is 41.5 Å². The van der Waals surface area contributed by atoms with Crippen LogP contribution in [0.2, 0.25) is 0 Å². The first-order chi connectivity index (χ1) is 14.1. The summed E-state index contributed by atoms with van der Waals surface area (Å²) in [7, 11) is 0. The maximum Gasteiger partial charge on any atom is 0.435 e. The number of hydrogen-bond acceptors (Lipinski definition) is 5. The summed E-state index contributed by atoms with van der Waals surface area (Å²) >= 11 is 0. The number of amides is 1. The molecule has 1 aliphatic heterocycles. The van der Waals surface area contributed by atoms with Gasteiger partial charge in [-0.05, 0) is 44.5 Å². The van der Waals surface area contributed by atoms with Crippen molar-refractivity contribution in [3.8, 4) is 5.69 Å². The minimum Gasteiger partial charge on any atom is -0.373 e. The van der Waals surface area contributed by atoms with Crippen molar-refractivity contribution < 1.29 is 27.1 Å². The second-order valence-electron chi connectivity index (χ2n) is 7.30. The molecule has 2 atom stereocenters. The number of nitrogens with zero attached hydrogens (tertiary/aromatic N) is 4. The van der Waals surface area contributed by atoms with E-state index >= 15 is 0 Å². The van der Waals surface area contributed by atoms with Crippen LogP contribution in [0.5, 0.6) is 0 Å². The van der Waals surface area contributed by atoms with Crippen LogP contribution >= 0.6 is 0 Å². The average molecular weight is 429 g/mol. The van der Waals surface area contributed by atoms with Crippen molar-refractivity contribution in [1.29, 1.82) is 0 Å². The van der Waals surface area contributed by atoms with Crippen molar-refractivity contribution in [1.82, 2.24) is 25.2 Å². The number of hydrogen-bond donors (Lipinski definition) is 1. The van der Waals surface area contributed by atoms with Crippen LogP contribution in [-0.4, -0.2) is 64.2 Å². The monoisotopic (exact) mass is 429 g/mol. The van der Waals surface area contributed by atoms with E-state index in [-0.39, 0.29) is 24.4 Å². The molecule has 0 radical (unpaired) electrons. The lowest BCUT2D eigenvalue weighted by molar-refractivity contribution is -0.143. The summed E-state index contributed by atoms with van der Waals surface area (Å²) in [6.07, 6.45) is -4.08. The molecule has 1 N–H and O–H groups in total. The Balaban J connectivity index is 1.65. The van der Waals surface area contributed by atoms with E-state index in [4.69, 9.17) is 4.74 Å². The molecule has 3 rings (SSSR count). The van der Waals surface area contributed by atoms with Gasteiger partial charge in [0.1, 0.15) is 5.82 Å². The maximum absolute atomic E-state index is 13.6. The lowest BCUT2D eigenvalue weighted by atomic mass is 10.2. The predicted molar refractivity (Wildman–Crippen MR) is 99.7 cm³/mol. The van der Waals surface area contributed by atoms with E-state index in [9.17, 15) is 22.4 Å². The van der Waals surface area contributed by atoms with Gasteiger partial charge in [-0.15, -0.1) is 5.10 Å². The highest BCUT2D eigenvalue weighted by Gasteiger charge is 2.42. The fourth-order valence-corrected chi connectivity index (χ4v) is 3.51. The van der Waals surface area contributed by atoms with Crippen molar-refractivity contribution in [2.24, 2.45) is 0 Å². The van der Waals surface area contributed by atoms with E-state index in [0.717, 1.165) is 37.4 Å². The number of carbonyl (C=O) groups excluding carboxylic acids is 1. The summed E-state index contributed by atoms with van der Waals surface area (Å²) in [6, 6.07) is 4.27. The Hall–Kier alpha value is -2.53. The van der Waals surface area contributed by atoms with Gasteiger partial charge >= 0.3 is 6.18 Å². The van der Waals surface area contributed by atoms with Gasteiger partial charge in [0, 0.05) is 26.2 Å². The molecule has 0 aliphatic carbocycles. The van der Waals surface area contributed by atoms with Crippen LogP contribution in [0.4, 0.5) is 17.6 Å². The topological polar surface area (TPSA) is 72.3 Å². The lowest BCUT2D eigenvalue weighted by Crippen LogP contribution is -2.46. The Bertz CT molecular complexity index is 859. The molecule has 11 heteroatoms. The first-order valence-corrected chi connectivity index (χ1v) is 9.60. The number of nitrogens with one attached hydrogen (secondary N) is 1. The third kappa shape index (κ3) is 5.33. The molecule has 0 spiro atoms. The van der Waals surface area contributed by atoms with E-state index in [1.807, 2.05) is 13.8 Å². The molecule has 1 aromatic heterocycles. The van der Waals surface area contributed by atoms with Crippen molar-refractivity contribution in [2.75, 3.05) is 26.2 Å². The largest absolute Gasteiger partial charge is 0.435 e. The third-order valence-electron chi connectivity index (χ3n) is 4.66. The fraction of sp³-hybridized carbons (Fsp3) is 0.526. The van der Waals surface area contributed by atoms with Crippen molar-refractivity contribution >= 4 is 5.91 Å². The molecular formula is C19H23F4N5O2. The zero-order chi connectivity index (χ0) is 21.9. The second-order valence-corrected chi connectivity index (χ2v) is 7.30. The van der Waals surface area contributed by atoms with E-state index < -0.39 is 29.3 Å². The SMILES string of the molecule is CC1CN(CCCNC(=O)c2nnn(-c3ccc(F)cc3)c2C(F)(F)F)CC(C)O1. The molecule has 1 fully saturated rings. The highest BCUT2D eigenvalue weighted by atomic mass is 19.4. The number of morpholine rings is 1. The number of alkyl halides is 3. The first-order valence-electron chi connectivity index (χ1n) is 9.60. The molecule has 2 heterocycles. The highest BCUT2D eigenvalue weighted by Crippen LogP contribution is 2.32. The predicted octanol–water partition coefficient (Wildman–Crippen LogP) is 2.65. The van der Waals surface area contributed by atoms with Gasteiger partial charge < -0.3 is 10.1 Å². The zero-order valence-corrected chi connectivity index (χ0v) is 16.6. The Morgan fingerprint density at radius 1 is 1.20 bits per heavy atom. The van der Waals surface area contributed by atoms with Crippen LogP contribution in [-0.2, 0) is 10.9 Å². The van der Waals surface area contributed by atoms with Gasteiger partial charge in [0.05, 0.1) is 17.9 Å². The average Bonchev–Trinajstić information content (AvgIpc) is 3.10. The molecule has 1 aromatic carbocycles. The summed E-state index contributed by atoms with van der Waals surface area (Å²) in [6.45, 7) is 6.37. The summed E-state index contributed by atoms with van der Waals surface area (Å²) in [4.78, 5) is 14.5. The van der Waals surface area contributed by atoms with Gasteiger partial charge in [-0.1, -0.05) is 5.21 Å². The van der Waals surface area contributed by atoms with Gasteiger partial charge in [-0.25, -0.2) is 9.07 Å². The van der Waals surface area contributed by atoms with Gasteiger partial charge in [0.2, 0.25) is 0 Å². The van der Waals surface area contributed by atoms with E-state index in [1.165, 1.54) is 0 Å². The third-order valence-corrected chi connectivity index (χ3v) is 4.66. The van der Waals surface area contributed by atoms with Gasteiger partial charge in [-0.2, -0.15) is 13.2 Å². The molecule has 1 saturated heterocycles. The van der Waals surface area contributed by atoms with Gasteiger partial charge in [0.25, 0.3) is 5.91 Å². The molecule has 1 aliphatic rings. The van der Waals surface area contributed by atoms with E-state index in [2.05, 4.69) is 20.5 Å². The van der Waals surface area contributed by atoms with Crippen LogP contribution in [0.15, 0.2) is 24.3 Å². The smallest absolute Gasteiger partial charge is 0.373 e. The minimum atomic E-state index is -4.87. The van der Waals surface area contributed by atoms with Crippen molar-refractivity contribution in [3.63, 3.8) is 0 Å². The molecule has 30 heavy (non-hydrogen) atoms. The number of carbonyl (C=O) groups is 1. The minimum absolute atomic E-state index is 0.0502. The number of ether oxygens (including phenoxy) is 1. The number of rotatable bonds is 6. The number of benzene rings is 1. The van der Waals surface area contributed by atoms with Crippen molar-refractivity contribution in [2.45, 2.75) is 38.7 Å².